The smallest absolute Gasteiger partial charge is 0.388 e. The molecule has 0 aliphatic heterocycles. The first kappa shape index (κ1) is 23.9. The highest BCUT2D eigenvalue weighted by Crippen LogP contribution is 2.36. The van der Waals surface area contributed by atoms with Crippen molar-refractivity contribution in [2.24, 2.45) is 0 Å². The zero-order chi connectivity index (χ0) is 23.6. The minimum Gasteiger partial charge on any atom is -0.469 e. The van der Waals surface area contributed by atoms with E-state index in [9.17, 15) is 22.0 Å². The van der Waals surface area contributed by atoms with Gasteiger partial charge in [0, 0.05) is 23.6 Å². The molecular formula is C22H20ClF2NO5S. The van der Waals surface area contributed by atoms with Gasteiger partial charge < -0.3 is 9.47 Å². The molecule has 0 bridgehead atoms. The first-order chi connectivity index (χ1) is 15.0. The summed E-state index contributed by atoms with van der Waals surface area (Å²) in [6.07, 6.45) is 1.19. The molecule has 0 aliphatic rings. The minimum atomic E-state index is -3.37. The van der Waals surface area contributed by atoms with Gasteiger partial charge in [0.05, 0.1) is 29.0 Å². The van der Waals surface area contributed by atoms with Crippen LogP contribution in [-0.4, -0.2) is 39.3 Å². The summed E-state index contributed by atoms with van der Waals surface area (Å²) in [5, 5.41) is 0.771. The standard InChI is InChI=1S/C22H20ClF2NO5S/c1-12-16(10-13-4-7-15(8-5-13)32(3,28)29)21(31-22(24)25)26-20-17(23)9-6-14(19(12)20)11-18(27)30-2/h4-9,22H,10-11H2,1-3H3. The van der Waals surface area contributed by atoms with E-state index in [0.29, 0.717) is 27.6 Å². The lowest BCUT2D eigenvalue weighted by molar-refractivity contribution is -0.139. The van der Waals surface area contributed by atoms with Crippen LogP contribution in [0.4, 0.5) is 8.78 Å². The Hall–Kier alpha value is -2.78. The number of aromatic nitrogens is 1. The van der Waals surface area contributed by atoms with Crippen molar-refractivity contribution < 1.29 is 31.5 Å². The Kier molecular flexibility index (Phi) is 7.00. The van der Waals surface area contributed by atoms with Crippen LogP contribution < -0.4 is 4.74 Å². The van der Waals surface area contributed by atoms with Gasteiger partial charge in [-0.3, -0.25) is 4.79 Å². The van der Waals surface area contributed by atoms with Crippen molar-refractivity contribution in [1.82, 2.24) is 4.98 Å². The number of carbonyl (C=O) groups excluding carboxylic acids is 1. The van der Waals surface area contributed by atoms with E-state index in [1.807, 2.05) is 0 Å². The number of ether oxygens (including phenoxy) is 2. The van der Waals surface area contributed by atoms with E-state index >= 15 is 0 Å². The number of fused-ring (bicyclic) bond motifs is 1. The average molecular weight is 484 g/mol. The number of hydrogen-bond donors (Lipinski definition) is 0. The van der Waals surface area contributed by atoms with Gasteiger partial charge in [-0.25, -0.2) is 13.4 Å². The predicted octanol–water partition coefficient (Wildman–Crippen LogP) is 4.51. The third-order valence-corrected chi connectivity index (χ3v) is 6.44. The molecule has 0 saturated heterocycles. The van der Waals surface area contributed by atoms with Gasteiger partial charge in [-0.15, -0.1) is 0 Å². The van der Waals surface area contributed by atoms with Crippen molar-refractivity contribution in [3.8, 4) is 5.88 Å². The molecule has 6 nitrogen and oxygen atoms in total. The second-order valence-corrected chi connectivity index (χ2v) is 9.60. The molecular weight excluding hydrogens is 464 g/mol. The van der Waals surface area contributed by atoms with Gasteiger partial charge >= 0.3 is 12.6 Å². The van der Waals surface area contributed by atoms with Gasteiger partial charge in [0.25, 0.3) is 0 Å². The van der Waals surface area contributed by atoms with E-state index in [2.05, 4.69) is 4.98 Å². The van der Waals surface area contributed by atoms with Crippen LogP contribution in [0.25, 0.3) is 10.9 Å². The molecule has 0 atom stereocenters. The van der Waals surface area contributed by atoms with Crippen molar-refractivity contribution >= 4 is 38.3 Å². The summed E-state index contributed by atoms with van der Waals surface area (Å²) in [5.74, 6) is -0.756. The van der Waals surface area contributed by atoms with E-state index in [0.717, 1.165) is 6.26 Å². The number of aryl methyl sites for hydroxylation is 1. The number of pyridine rings is 1. The Morgan fingerprint density at radius 1 is 1.16 bits per heavy atom. The Morgan fingerprint density at radius 3 is 2.38 bits per heavy atom. The predicted molar refractivity (Wildman–Crippen MR) is 116 cm³/mol. The largest absolute Gasteiger partial charge is 0.469 e. The fraction of sp³-hybridized carbons (Fsp3) is 0.273. The van der Waals surface area contributed by atoms with Crippen LogP contribution in [0.2, 0.25) is 5.02 Å². The molecule has 0 fully saturated rings. The minimum absolute atomic E-state index is 0.0514. The number of alkyl halides is 2. The van der Waals surface area contributed by atoms with Crippen LogP contribution in [0, 0.1) is 6.92 Å². The fourth-order valence-electron chi connectivity index (χ4n) is 3.44. The summed E-state index contributed by atoms with van der Waals surface area (Å²) < 4.78 is 59.1. The van der Waals surface area contributed by atoms with Gasteiger partial charge in [-0.1, -0.05) is 29.8 Å². The molecule has 0 amide bonds. The number of hydrogen-bond acceptors (Lipinski definition) is 6. The second-order valence-electron chi connectivity index (χ2n) is 7.17. The number of rotatable bonds is 7. The number of esters is 1. The van der Waals surface area contributed by atoms with Gasteiger partial charge in [0.1, 0.15) is 0 Å². The third-order valence-electron chi connectivity index (χ3n) is 5.01. The zero-order valence-corrected chi connectivity index (χ0v) is 19.1. The molecule has 0 aliphatic carbocycles. The third kappa shape index (κ3) is 5.16. The molecule has 1 heterocycles. The topological polar surface area (TPSA) is 82.6 Å². The van der Waals surface area contributed by atoms with E-state index < -0.39 is 22.4 Å². The average Bonchev–Trinajstić information content (AvgIpc) is 2.72. The molecule has 0 unspecified atom stereocenters. The van der Waals surface area contributed by atoms with Crippen molar-refractivity contribution in [3.05, 3.63) is 63.7 Å². The normalized spacial score (nSPS) is 11.7. The zero-order valence-electron chi connectivity index (χ0n) is 17.5. The van der Waals surface area contributed by atoms with Crippen LogP contribution in [0.5, 0.6) is 5.88 Å². The summed E-state index contributed by atoms with van der Waals surface area (Å²) >= 11 is 6.27. The highest BCUT2D eigenvalue weighted by Gasteiger charge is 2.21. The molecule has 10 heteroatoms. The lowest BCUT2D eigenvalue weighted by atomic mass is 9.94. The van der Waals surface area contributed by atoms with Crippen molar-refractivity contribution in [2.45, 2.75) is 31.3 Å². The molecule has 170 valence electrons. The molecule has 0 saturated carbocycles. The highest BCUT2D eigenvalue weighted by atomic mass is 35.5. The second kappa shape index (κ2) is 9.38. The number of nitrogens with zero attached hydrogens (tertiary/aromatic N) is 1. The number of benzene rings is 2. The van der Waals surface area contributed by atoms with E-state index in [-0.39, 0.29) is 34.2 Å². The Bertz CT molecular complexity index is 1280. The number of sulfone groups is 1. The summed E-state index contributed by atoms with van der Waals surface area (Å²) in [6.45, 7) is -1.40. The van der Waals surface area contributed by atoms with Crippen LogP contribution in [-0.2, 0) is 32.2 Å². The molecule has 1 aromatic heterocycles. The summed E-state index contributed by atoms with van der Waals surface area (Å²) in [4.78, 5) is 16.3. The maximum absolute atomic E-state index is 13.1. The monoisotopic (exact) mass is 483 g/mol. The van der Waals surface area contributed by atoms with Crippen LogP contribution in [0.3, 0.4) is 0 Å². The van der Waals surface area contributed by atoms with E-state index in [1.54, 1.807) is 25.1 Å². The highest BCUT2D eigenvalue weighted by molar-refractivity contribution is 7.90. The molecule has 2 aromatic carbocycles. The SMILES string of the molecule is COC(=O)Cc1ccc(Cl)c2nc(OC(F)F)c(Cc3ccc(S(C)(=O)=O)cc3)c(C)c12. The quantitative estimate of drug-likeness (QED) is 0.460. The van der Waals surface area contributed by atoms with Crippen LogP contribution in [0.15, 0.2) is 41.3 Å². The maximum Gasteiger partial charge on any atom is 0.388 e. The lowest BCUT2D eigenvalue weighted by Gasteiger charge is -2.18. The van der Waals surface area contributed by atoms with Gasteiger partial charge in [-0.05, 0) is 41.8 Å². The van der Waals surface area contributed by atoms with Gasteiger partial charge in [0.2, 0.25) is 5.88 Å². The molecule has 3 rings (SSSR count). The maximum atomic E-state index is 13.1. The van der Waals surface area contributed by atoms with Gasteiger partial charge in [-0.2, -0.15) is 8.78 Å². The summed E-state index contributed by atoms with van der Waals surface area (Å²) in [7, 11) is -2.10. The Labute approximate surface area is 189 Å². The van der Waals surface area contributed by atoms with E-state index in [1.165, 1.54) is 25.3 Å². The Balaban J connectivity index is 2.19. The van der Waals surface area contributed by atoms with Crippen molar-refractivity contribution in [3.63, 3.8) is 0 Å². The first-order valence-electron chi connectivity index (χ1n) is 9.42. The van der Waals surface area contributed by atoms with Gasteiger partial charge in [0.15, 0.2) is 9.84 Å². The summed E-state index contributed by atoms with van der Waals surface area (Å²) in [6, 6.07) is 9.28. The number of halogens is 3. The Morgan fingerprint density at radius 2 is 1.81 bits per heavy atom. The first-order valence-corrected chi connectivity index (χ1v) is 11.7. The van der Waals surface area contributed by atoms with E-state index in [4.69, 9.17) is 21.1 Å². The lowest BCUT2D eigenvalue weighted by Crippen LogP contribution is -2.11. The molecule has 3 aromatic rings. The van der Waals surface area contributed by atoms with Crippen molar-refractivity contribution in [2.75, 3.05) is 13.4 Å². The molecule has 0 N–H and O–H groups in total. The van der Waals surface area contributed by atoms with Crippen LogP contribution >= 0.6 is 11.6 Å². The number of methoxy groups -OCH3 is 1. The van der Waals surface area contributed by atoms with Crippen LogP contribution in [0.1, 0.15) is 22.3 Å². The summed E-state index contributed by atoms with van der Waals surface area (Å²) in [5.41, 5.74) is 2.42. The molecule has 32 heavy (non-hydrogen) atoms. The molecule has 0 radical (unpaired) electrons. The molecule has 0 spiro atoms. The number of carbonyl (C=O) groups is 1. The van der Waals surface area contributed by atoms with Crippen molar-refractivity contribution in [1.29, 1.82) is 0 Å². The fourth-order valence-corrected chi connectivity index (χ4v) is 4.27.